The van der Waals surface area contributed by atoms with Crippen LogP contribution in [0.4, 0.5) is 0 Å². The van der Waals surface area contributed by atoms with E-state index in [9.17, 15) is 10.4 Å². The maximum Gasteiger partial charge on any atom is 0.230 e. The van der Waals surface area contributed by atoms with Crippen LogP contribution < -0.4 is 0 Å². The topological polar surface area (TPSA) is 124 Å². The lowest BCUT2D eigenvalue weighted by Gasteiger charge is -2.14. The van der Waals surface area contributed by atoms with Crippen molar-refractivity contribution in [2.75, 3.05) is 27.2 Å². The minimum atomic E-state index is 0.0192. The summed E-state index contributed by atoms with van der Waals surface area (Å²) in [5, 5.41) is 44.6. The third-order valence-electron chi connectivity index (χ3n) is 1.70. The van der Waals surface area contributed by atoms with Crippen LogP contribution in [0.2, 0.25) is 0 Å². The molecule has 0 aromatic carbocycles. The molecule has 0 aliphatic rings. The fraction of sp³-hybridized carbons (Fsp3) is 1.00. The van der Waals surface area contributed by atoms with Crippen LogP contribution in [0.3, 0.4) is 0 Å². The van der Waals surface area contributed by atoms with Gasteiger partial charge in [0.15, 0.2) is 0 Å². The first kappa shape index (κ1) is 13.0. The van der Waals surface area contributed by atoms with E-state index in [1.165, 1.54) is 14.1 Å². The molecule has 0 rings (SSSR count). The smallest absolute Gasteiger partial charge is 0.230 e. The predicted octanol–water partition coefficient (Wildman–Crippen LogP) is -0.227. The standard InChI is InChI=1S/C5H14N6O4/c1-8(10(14)6-12)4-3-5-9(2)11(15)7-13/h12-13H,3-5H2,1-2H3. The van der Waals surface area contributed by atoms with Gasteiger partial charge in [0.1, 0.15) is 0 Å². The quantitative estimate of drug-likeness (QED) is 0.363. The lowest BCUT2D eigenvalue weighted by molar-refractivity contribution is -0.709. The van der Waals surface area contributed by atoms with Crippen molar-refractivity contribution < 1.29 is 20.4 Å². The van der Waals surface area contributed by atoms with Crippen molar-refractivity contribution in [1.29, 1.82) is 0 Å². The van der Waals surface area contributed by atoms with Crippen LogP contribution in [0.5, 0.6) is 0 Å². The van der Waals surface area contributed by atoms with Gasteiger partial charge in [-0.3, -0.25) is 0 Å². The molecular formula is C5H14N6O4. The third-order valence-corrected chi connectivity index (χ3v) is 1.70. The molecular weight excluding hydrogens is 208 g/mol. The Kier molecular flexibility index (Phi) is 5.59. The molecule has 0 radical (unpaired) electrons. The van der Waals surface area contributed by atoms with E-state index in [1.807, 2.05) is 0 Å². The van der Waals surface area contributed by atoms with E-state index in [0.717, 1.165) is 10.0 Å². The maximum atomic E-state index is 10.7. The molecule has 10 nitrogen and oxygen atoms in total. The van der Waals surface area contributed by atoms with Gasteiger partial charge in [0.25, 0.3) is 0 Å². The number of nitrogens with zero attached hydrogens (tertiary/aromatic N) is 6. The highest BCUT2D eigenvalue weighted by Gasteiger charge is 2.09. The van der Waals surface area contributed by atoms with Crippen molar-refractivity contribution in [3.63, 3.8) is 0 Å². The third kappa shape index (κ3) is 4.69. The van der Waals surface area contributed by atoms with Crippen molar-refractivity contribution in [1.82, 2.24) is 10.0 Å². The molecule has 0 heterocycles. The normalized spacial score (nSPS) is 12.7. The molecule has 2 N–H and O–H groups in total. The molecule has 10 heteroatoms. The molecule has 0 aromatic heterocycles. The Morgan fingerprint density at radius 1 is 1.00 bits per heavy atom. The highest BCUT2D eigenvalue weighted by molar-refractivity contribution is 4.42. The lowest BCUT2D eigenvalue weighted by atomic mass is 10.4. The van der Waals surface area contributed by atoms with E-state index in [4.69, 9.17) is 10.4 Å². The van der Waals surface area contributed by atoms with Crippen molar-refractivity contribution in [2.45, 2.75) is 6.42 Å². The Balaban J connectivity index is 3.80. The summed E-state index contributed by atoms with van der Waals surface area (Å²) >= 11 is 0. The van der Waals surface area contributed by atoms with Gasteiger partial charge in [-0.05, 0) is 6.42 Å². The van der Waals surface area contributed by atoms with Gasteiger partial charge in [-0.1, -0.05) is 0 Å². The molecule has 0 fully saturated rings. The molecule has 0 atom stereocenters. The Morgan fingerprint density at radius 3 is 1.60 bits per heavy atom. The second-order valence-corrected chi connectivity index (χ2v) is 2.80. The Bertz CT molecular complexity index is 220. The van der Waals surface area contributed by atoms with Crippen molar-refractivity contribution in [2.24, 2.45) is 10.6 Å². The summed E-state index contributed by atoms with van der Waals surface area (Å²) in [4.78, 5) is 0.0385. The van der Waals surface area contributed by atoms with E-state index < -0.39 is 0 Å². The average Bonchev–Trinajstić information content (AvgIpc) is 2.26. The zero-order chi connectivity index (χ0) is 11.8. The molecule has 0 saturated heterocycles. The van der Waals surface area contributed by atoms with Crippen LogP contribution in [0.15, 0.2) is 10.6 Å². The van der Waals surface area contributed by atoms with E-state index in [-0.39, 0.29) is 23.0 Å². The number of hydrogen-bond acceptors (Lipinski definition) is 4. The van der Waals surface area contributed by atoms with Crippen molar-refractivity contribution in [3.05, 3.63) is 10.4 Å². The minimum absolute atomic E-state index is 0.0192. The number of rotatable bonds is 6. The summed E-state index contributed by atoms with van der Waals surface area (Å²) in [6.45, 7) is 0.578. The Hall–Kier alpha value is -2.00. The van der Waals surface area contributed by atoms with Crippen molar-refractivity contribution in [3.8, 4) is 0 Å². The summed E-state index contributed by atoms with van der Waals surface area (Å²) in [6.07, 6.45) is 0.454. The van der Waals surface area contributed by atoms with Crippen LogP contribution in [0.1, 0.15) is 6.42 Å². The number of hydrazine groups is 2. The first-order valence-corrected chi connectivity index (χ1v) is 4.09. The van der Waals surface area contributed by atoms with Gasteiger partial charge in [-0.15, -0.1) is 10.0 Å². The summed E-state index contributed by atoms with van der Waals surface area (Å²) in [7, 11) is 2.86. The van der Waals surface area contributed by atoms with E-state index in [2.05, 4.69) is 10.6 Å². The molecule has 15 heavy (non-hydrogen) atoms. The van der Waals surface area contributed by atoms with Gasteiger partial charge in [-0.25, -0.2) is 0 Å². The monoisotopic (exact) mass is 222 g/mol. The first-order chi connectivity index (χ1) is 7.02. The average molecular weight is 222 g/mol. The van der Waals surface area contributed by atoms with Crippen molar-refractivity contribution >= 4 is 0 Å². The van der Waals surface area contributed by atoms with E-state index >= 15 is 0 Å². The summed E-state index contributed by atoms with van der Waals surface area (Å²) in [5.74, 6) is 0. The maximum absolute atomic E-state index is 10.7. The minimum Gasteiger partial charge on any atom is -0.569 e. The van der Waals surface area contributed by atoms with Gasteiger partial charge in [0.2, 0.25) is 10.6 Å². The zero-order valence-corrected chi connectivity index (χ0v) is 8.52. The zero-order valence-electron chi connectivity index (χ0n) is 8.52. The van der Waals surface area contributed by atoms with Crippen LogP contribution >= 0.6 is 0 Å². The van der Waals surface area contributed by atoms with E-state index in [1.54, 1.807) is 0 Å². The molecule has 0 saturated carbocycles. The fourth-order valence-electron chi connectivity index (χ4n) is 0.836. The molecule has 0 aromatic rings. The summed E-state index contributed by atoms with van der Waals surface area (Å²) in [6, 6.07) is 0. The molecule has 0 unspecified atom stereocenters. The van der Waals surface area contributed by atoms with Crippen LogP contribution in [0, 0.1) is 10.4 Å². The van der Waals surface area contributed by atoms with Gasteiger partial charge >= 0.3 is 0 Å². The van der Waals surface area contributed by atoms with Crippen LogP contribution in [-0.4, -0.2) is 57.6 Å². The second kappa shape index (κ2) is 6.45. The molecule has 0 amide bonds. The molecule has 88 valence electrons. The summed E-state index contributed by atoms with van der Waals surface area (Å²) in [5.41, 5.74) is 0. The van der Waals surface area contributed by atoms with Gasteiger partial charge in [-0.2, -0.15) is 0 Å². The molecule has 0 aliphatic heterocycles. The molecule has 0 spiro atoms. The largest absolute Gasteiger partial charge is 0.569 e. The molecule has 0 aliphatic carbocycles. The Morgan fingerprint density at radius 2 is 1.33 bits per heavy atom. The van der Waals surface area contributed by atoms with Crippen LogP contribution in [-0.2, 0) is 0 Å². The highest BCUT2D eigenvalue weighted by atomic mass is 16.6. The number of hydrogen-bond donors (Lipinski definition) is 2. The van der Waals surface area contributed by atoms with Gasteiger partial charge in [0.05, 0.1) is 37.1 Å². The Labute approximate surface area is 86.0 Å². The fourth-order valence-corrected chi connectivity index (χ4v) is 0.836. The van der Waals surface area contributed by atoms with Gasteiger partial charge < -0.3 is 20.8 Å². The predicted molar refractivity (Wildman–Crippen MR) is 45.6 cm³/mol. The van der Waals surface area contributed by atoms with E-state index in [0.29, 0.717) is 6.42 Å². The highest BCUT2D eigenvalue weighted by Crippen LogP contribution is 1.92. The first-order valence-electron chi connectivity index (χ1n) is 4.09. The molecule has 0 bridgehead atoms. The SMILES string of the molecule is CN(CCCN(C)[N+]([O-])=NO)[N+]([O-])=NO. The van der Waals surface area contributed by atoms with Crippen LogP contribution in [0.25, 0.3) is 0 Å². The second-order valence-electron chi connectivity index (χ2n) is 2.80. The lowest BCUT2D eigenvalue weighted by Crippen LogP contribution is -2.32. The summed E-state index contributed by atoms with van der Waals surface area (Å²) < 4.78 is 0. The van der Waals surface area contributed by atoms with Gasteiger partial charge in [0, 0.05) is 0 Å².